The molecular weight excluding hydrogens is 576 g/mol. The highest BCUT2D eigenvalue weighted by Crippen LogP contribution is 2.24. The van der Waals surface area contributed by atoms with E-state index in [1.165, 1.54) is 25.3 Å². The smallest absolute Gasteiger partial charge is 0.350 e. The van der Waals surface area contributed by atoms with Gasteiger partial charge in [0.25, 0.3) is 11.8 Å². The van der Waals surface area contributed by atoms with Crippen molar-refractivity contribution in [2.45, 2.75) is 25.5 Å². The number of nitrogens with two attached hydrogens (primary N) is 1. The number of carbonyl (C=O) groups excluding carboxylic acids is 3. The van der Waals surface area contributed by atoms with Crippen molar-refractivity contribution in [3.8, 4) is 11.5 Å². The highest BCUT2D eigenvalue weighted by Gasteiger charge is 2.43. The number of hydrogen-bond acceptors (Lipinski definition) is 14. The zero-order chi connectivity index (χ0) is 29.8. The first-order valence-electron chi connectivity index (χ1n) is 10.8. The highest BCUT2D eigenvalue weighted by molar-refractivity contribution is 7.88. The Morgan fingerprint density at radius 1 is 1.27 bits per heavy atom. The number of rotatable bonds is 10. The average Bonchev–Trinajstić information content (AvgIpc) is 3.28. The Kier molecular flexibility index (Phi) is 8.44. The van der Waals surface area contributed by atoms with E-state index in [4.69, 9.17) is 10.6 Å². The van der Waals surface area contributed by atoms with E-state index in [2.05, 4.69) is 20.6 Å². The van der Waals surface area contributed by atoms with Crippen LogP contribution in [-0.4, -0.2) is 87.5 Å². The van der Waals surface area contributed by atoms with Crippen LogP contribution >= 0.6 is 11.3 Å². The number of amides is 4. The molecule has 1 aromatic carbocycles. The van der Waals surface area contributed by atoms with Crippen LogP contribution in [0.2, 0.25) is 0 Å². The Morgan fingerprint density at radius 3 is 2.55 bits per heavy atom. The van der Waals surface area contributed by atoms with E-state index in [0.717, 1.165) is 29.7 Å². The third-order valence-corrected chi connectivity index (χ3v) is 6.41. The van der Waals surface area contributed by atoms with E-state index in [0.29, 0.717) is 4.90 Å². The number of nitrogens with one attached hydrogen (secondary N) is 3. The number of oxime groups is 1. The van der Waals surface area contributed by atoms with E-state index in [9.17, 15) is 42.9 Å². The second-order valence-corrected chi connectivity index (χ2v) is 10.7. The molecule has 3 rings (SSSR count). The van der Waals surface area contributed by atoms with Crippen LogP contribution in [0.15, 0.2) is 33.8 Å². The predicted molar refractivity (Wildman–Crippen MR) is 137 cm³/mol. The molecule has 0 radical (unpaired) electrons. The number of carboxylic acid groups (broad SMARTS) is 1. The fourth-order valence-corrected chi connectivity index (χ4v) is 3.85. The molecule has 40 heavy (non-hydrogen) atoms. The van der Waals surface area contributed by atoms with Crippen LogP contribution in [0.3, 0.4) is 0 Å². The summed E-state index contributed by atoms with van der Waals surface area (Å²) in [5, 5.41) is 38.6. The fourth-order valence-electron chi connectivity index (χ4n) is 2.73. The molecule has 8 N–H and O–H groups in total. The summed E-state index contributed by atoms with van der Waals surface area (Å²) in [7, 11) is -4.57. The Balaban J connectivity index is 1.60. The van der Waals surface area contributed by atoms with Gasteiger partial charge in [-0.05, 0) is 37.6 Å². The molecule has 0 spiro atoms. The average molecular weight is 599 g/mol. The number of hydrazone groups is 1. The third-order valence-electron chi connectivity index (χ3n) is 4.95. The molecule has 4 amide bonds. The van der Waals surface area contributed by atoms with Crippen molar-refractivity contribution in [3.05, 3.63) is 34.8 Å². The van der Waals surface area contributed by atoms with Gasteiger partial charge in [-0.1, -0.05) is 5.16 Å². The van der Waals surface area contributed by atoms with Crippen LogP contribution in [0.1, 0.15) is 25.1 Å². The van der Waals surface area contributed by atoms with Crippen molar-refractivity contribution in [2.75, 3.05) is 12.3 Å². The normalized spacial score (nSPS) is 15.8. The van der Waals surface area contributed by atoms with Crippen molar-refractivity contribution >= 4 is 62.4 Å². The lowest BCUT2D eigenvalue weighted by Gasteiger charge is -2.36. The largest absolute Gasteiger partial charge is 0.504 e. The zero-order valence-electron chi connectivity index (χ0n) is 20.6. The number of benzene rings is 1. The molecule has 1 atom stereocenters. The first-order chi connectivity index (χ1) is 18.6. The number of anilines is 1. The maximum atomic E-state index is 12.8. The first kappa shape index (κ1) is 29.6. The van der Waals surface area contributed by atoms with Crippen molar-refractivity contribution in [3.63, 3.8) is 0 Å². The maximum Gasteiger partial charge on any atom is 0.350 e. The molecule has 214 valence electrons. The molecule has 0 saturated carbocycles. The van der Waals surface area contributed by atoms with Gasteiger partial charge in [0, 0.05) is 5.38 Å². The number of aromatic hydroxyl groups is 2. The number of hydrogen-bond donors (Lipinski definition) is 7. The number of carbonyl (C=O) groups is 4. The quantitative estimate of drug-likeness (QED) is 0.0722. The molecule has 0 aliphatic carbocycles. The topological polar surface area (TPSA) is 275 Å². The summed E-state index contributed by atoms with van der Waals surface area (Å²) >= 11 is 0.956. The number of aromatic nitrogens is 1. The molecule has 1 aromatic heterocycles. The summed E-state index contributed by atoms with van der Waals surface area (Å²) in [5.74, 6) is -4.21. The van der Waals surface area contributed by atoms with E-state index in [-0.39, 0.29) is 16.4 Å². The first-order valence-corrected chi connectivity index (χ1v) is 13.2. The minimum absolute atomic E-state index is 0.0657. The molecule has 18 nitrogen and oxygen atoms in total. The van der Waals surface area contributed by atoms with Crippen LogP contribution in [-0.2, 0) is 29.4 Å². The number of phenolic OH excluding ortho intramolecular Hbond substituents is 2. The summed E-state index contributed by atoms with van der Waals surface area (Å²) in [4.78, 5) is 59.8. The van der Waals surface area contributed by atoms with Gasteiger partial charge in [-0.25, -0.2) is 19.3 Å². The Morgan fingerprint density at radius 2 is 1.98 bits per heavy atom. The fraction of sp³-hybridized carbons (Fsp3) is 0.250. The monoisotopic (exact) mass is 598 g/mol. The van der Waals surface area contributed by atoms with E-state index in [1.807, 2.05) is 0 Å². The molecule has 2 aromatic rings. The number of carboxylic acids is 1. The summed E-state index contributed by atoms with van der Waals surface area (Å²) in [6.45, 7) is 1.94. The molecule has 0 bridgehead atoms. The molecule has 2 heterocycles. The molecular formula is C20H22N8O10S2. The number of nitrogens with zero attached hydrogens (tertiary/aromatic N) is 4. The second-order valence-electron chi connectivity index (χ2n) is 8.40. The number of urea groups is 1. The lowest BCUT2D eigenvalue weighted by molar-refractivity contribution is -0.161. The predicted octanol–water partition coefficient (Wildman–Crippen LogP) is -1.37. The minimum atomic E-state index is -4.57. The van der Waals surface area contributed by atoms with Crippen LogP contribution in [0.5, 0.6) is 11.5 Å². The van der Waals surface area contributed by atoms with Gasteiger partial charge in [-0.15, -0.1) is 11.3 Å². The number of likely N-dealkylation sites (tertiary alicyclic amines) is 1. The van der Waals surface area contributed by atoms with Gasteiger partial charge in [0.05, 0.1) is 12.8 Å². The van der Waals surface area contributed by atoms with Gasteiger partial charge in [0.1, 0.15) is 11.7 Å². The third kappa shape index (κ3) is 7.11. The Labute approximate surface area is 229 Å². The van der Waals surface area contributed by atoms with E-state index >= 15 is 0 Å². The highest BCUT2D eigenvalue weighted by atomic mass is 32.2. The summed E-state index contributed by atoms with van der Waals surface area (Å²) in [6.07, 6.45) is 0.972. The number of β-lactam (4-membered cyclic amide) rings is 1. The number of imide groups is 1. The van der Waals surface area contributed by atoms with Crippen LogP contribution < -0.4 is 20.6 Å². The molecule has 1 aliphatic heterocycles. The van der Waals surface area contributed by atoms with Gasteiger partial charge in [0.2, 0.25) is 5.60 Å². The number of thiazole rings is 1. The zero-order valence-corrected chi connectivity index (χ0v) is 22.2. The van der Waals surface area contributed by atoms with Crippen molar-refractivity contribution in [1.82, 2.24) is 24.8 Å². The van der Waals surface area contributed by atoms with Gasteiger partial charge in [0.15, 0.2) is 22.3 Å². The van der Waals surface area contributed by atoms with Crippen LogP contribution in [0.25, 0.3) is 0 Å². The Bertz CT molecular complexity index is 1520. The molecule has 0 unspecified atom stereocenters. The summed E-state index contributed by atoms with van der Waals surface area (Å²) < 4.78 is 25.7. The summed E-state index contributed by atoms with van der Waals surface area (Å²) in [6, 6.07) is 0.952. The van der Waals surface area contributed by atoms with Gasteiger partial charge >= 0.3 is 22.2 Å². The number of aliphatic carboxylic acids is 1. The number of nitrogen functional groups attached to an aromatic ring is 1. The standard InChI is InChI=1S/C20H22N8O10S2/c1-20(2,17(33)34)38-25-14(11-8-39-18(21)24-11)15(31)23-10-7-28(16(10)32)19(35)26-40(36,37)27-22-6-9-3-4-12(29)13(30)5-9/h3-6,8,10,27,29-30H,7H2,1-2H3,(H2,21,24)(H,23,31)(H,26,35)(H,33,34)/t10-/m0/s1. The van der Waals surface area contributed by atoms with Crippen molar-refractivity contribution in [2.24, 2.45) is 10.3 Å². The van der Waals surface area contributed by atoms with Crippen LogP contribution in [0, 0.1) is 0 Å². The summed E-state index contributed by atoms with van der Waals surface area (Å²) in [5.41, 5.74) is 3.41. The number of phenols is 2. The lowest BCUT2D eigenvalue weighted by atomic mass is 10.1. The molecule has 1 fully saturated rings. The lowest BCUT2D eigenvalue weighted by Crippen LogP contribution is -2.68. The van der Waals surface area contributed by atoms with Gasteiger partial charge in [-0.2, -0.15) is 18.4 Å². The maximum absolute atomic E-state index is 12.8. The molecule has 1 saturated heterocycles. The minimum Gasteiger partial charge on any atom is -0.504 e. The van der Waals surface area contributed by atoms with Crippen molar-refractivity contribution in [1.29, 1.82) is 0 Å². The SMILES string of the molecule is CC(C)(ON=C(C(=O)N[C@H]1CN(C(=O)NS(=O)(=O)NN=Cc2ccc(O)c(O)c2)C1=O)c1csc(N)n1)C(=O)O. The van der Waals surface area contributed by atoms with E-state index < -0.39 is 69.4 Å². The van der Waals surface area contributed by atoms with Gasteiger partial charge < -0.3 is 31.2 Å². The second kappa shape index (κ2) is 11.4. The van der Waals surface area contributed by atoms with E-state index in [1.54, 1.807) is 9.55 Å². The van der Waals surface area contributed by atoms with Gasteiger partial charge in [-0.3, -0.25) is 14.5 Å². The Hall–Kier alpha value is -4.98. The van der Waals surface area contributed by atoms with Crippen molar-refractivity contribution < 1.29 is 47.8 Å². The molecule has 20 heteroatoms. The van der Waals surface area contributed by atoms with Crippen LogP contribution in [0.4, 0.5) is 9.93 Å². The molecule has 1 aliphatic rings.